The molecule has 0 amide bonds. The summed E-state index contributed by atoms with van der Waals surface area (Å²) in [5, 5.41) is 2.06. The molecule has 3 nitrogen and oxygen atoms in total. The van der Waals surface area contributed by atoms with Crippen LogP contribution in [-0.4, -0.2) is 15.9 Å². The van der Waals surface area contributed by atoms with E-state index in [1.165, 1.54) is 11.4 Å². The Kier molecular flexibility index (Phi) is 2.56. The molecule has 14 heavy (non-hydrogen) atoms. The Bertz CT molecular complexity index is 427. The number of fused-ring (bicyclic) bond motifs is 1. The first-order valence-corrected chi connectivity index (χ1v) is 5.76. The molecule has 0 aliphatic heterocycles. The molecule has 2 aromatic rings. The summed E-state index contributed by atoms with van der Waals surface area (Å²) in [4.78, 5) is 5.70. The van der Waals surface area contributed by atoms with E-state index < -0.39 is 0 Å². The van der Waals surface area contributed by atoms with Crippen LogP contribution in [0, 0.1) is 0 Å². The zero-order valence-electron chi connectivity index (χ0n) is 8.53. The van der Waals surface area contributed by atoms with Crippen LogP contribution in [0.25, 0.3) is 4.96 Å². The number of thiazole rings is 1. The van der Waals surface area contributed by atoms with Crippen LogP contribution in [-0.2, 0) is 6.42 Å². The van der Waals surface area contributed by atoms with E-state index in [1.54, 1.807) is 11.3 Å². The number of nitrogens with two attached hydrogens (primary N) is 1. The fourth-order valence-corrected chi connectivity index (χ4v) is 2.44. The Morgan fingerprint density at radius 2 is 2.36 bits per heavy atom. The van der Waals surface area contributed by atoms with E-state index in [0.717, 1.165) is 11.4 Å². The number of rotatable bonds is 3. The average molecular weight is 209 g/mol. The summed E-state index contributed by atoms with van der Waals surface area (Å²) in [5.41, 5.74) is 8.08. The average Bonchev–Trinajstić information content (AvgIpc) is 2.67. The molecule has 0 bridgehead atoms. The Morgan fingerprint density at radius 3 is 3.00 bits per heavy atom. The van der Waals surface area contributed by atoms with Crippen molar-refractivity contribution in [2.75, 3.05) is 6.54 Å². The van der Waals surface area contributed by atoms with Crippen LogP contribution >= 0.6 is 11.3 Å². The van der Waals surface area contributed by atoms with E-state index >= 15 is 0 Å². The first-order valence-electron chi connectivity index (χ1n) is 4.88. The fraction of sp³-hybridized carbons (Fsp3) is 0.500. The maximum atomic E-state index is 5.61. The van der Waals surface area contributed by atoms with Gasteiger partial charge in [-0.2, -0.15) is 0 Å². The highest BCUT2D eigenvalue weighted by molar-refractivity contribution is 7.15. The van der Waals surface area contributed by atoms with Crippen molar-refractivity contribution in [3.63, 3.8) is 0 Å². The molecule has 0 radical (unpaired) electrons. The van der Waals surface area contributed by atoms with E-state index in [9.17, 15) is 0 Å². The summed E-state index contributed by atoms with van der Waals surface area (Å²) in [5.74, 6) is 0.476. The molecule has 0 fully saturated rings. The summed E-state index contributed by atoms with van der Waals surface area (Å²) in [6.45, 7) is 5.03. The minimum atomic E-state index is 0.476. The van der Waals surface area contributed by atoms with Crippen molar-refractivity contribution in [2.45, 2.75) is 26.2 Å². The highest BCUT2D eigenvalue weighted by Crippen LogP contribution is 2.23. The maximum absolute atomic E-state index is 5.61. The third-order valence-corrected chi connectivity index (χ3v) is 3.08. The zero-order chi connectivity index (χ0) is 10.1. The first kappa shape index (κ1) is 9.68. The number of imidazole rings is 1. The van der Waals surface area contributed by atoms with Gasteiger partial charge in [0.25, 0.3) is 0 Å². The van der Waals surface area contributed by atoms with Crippen LogP contribution in [0.1, 0.15) is 31.2 Å². The summed E-state index contributed by atoms with van der Waals surface area (Å²) in [6, 6.07) is 0. The monoisotopic (exact) mass is 209 g/mol. The van der Waals surface area contributed by atoms with Crippen LogP contribution in [0.4, 0.5) is 0 Å². The van der Waals surface area contributed by atoms with Crippen molar-refractivity contribution >= 4 is 16.3 Å². The second-order valence-corrected chi connectivity index (χ2v) is 4.57. The molecule has 2 aromatic heterocycles. The lowest BCUT2D eigenvalue weighted by Gasteiger charge is -2.04. The van der Waals surface area contributed by atoms with Crippen molar-refractivity contribution < 1.29 is 0 Å². The van der Waals surface area contributed by atoms with Gasteiger partial charge >= 0.3 is 0 Å². The van der Waals surface area contributed by atoms with Crippen LogP contribution < -0.4 is 5.73 Å². The van der Waals surface area contributed by atoms with Gasteiger partial charge in [-0.25, -0.2) is 4.98 Å². The van der Waals surface area contributed by atoms with Crippen LogP contribution in [0.3, 0.4) is 0 Å². The van der Waals surface area contributed by atoms with Crippen molar-refractivity contribution in [2.24, 2.45) is 5.73 Å². The van der Waals surface area contributed by atoms with Crippen molar-refractivity contribution in [1.29, 1.82) is 0 Å². The molecule has 0 aliphatic rings. The number of hydrogen-bond donors (Lipinski definition) is 1. The molecule has 0 aromatic carbocycles. The molecular formula is C10H15N3S. The van der Waals surface area contributed by atoms with Crippen LogP contribution in [0.2, 0.25) is 0 Å². The summed E-state index contributed by atoms with van der Waals surface area (Å²) < 4.78 is 2.16. The molecule has 2 rings (SSSR count). The Hall–Kier alpha value is -0.870. The van der Waals surface area contributed by atoms with E-state index in [1.807, 2.05) is 0 Å². The molecule has 0 spiro atoms. The van der Waals surface area contributed by atoms with Gasteiger partial charge in [0.05, 0.1) is 5.69 Å². The predicted molar refractivity (Wildman–Crippen MR) is 59.9 cm³/mol. The van der Waals surface area contributed by atoms with E-state index in [2.05, 4.69) is 34.8 Å². The van der Waals surface area contributed by atoms with Gasteiger partial charge in [0.1, 0.15) is 0 Å². The summed E-state index contributed by atoms with van der Waals surface area (Å²) in [7, 11) is 0. The minimum Gasteiger partial charge on any atom is -0.330 e. The molecule has 0 unspecified atom stereocenters. The fourth-order valence-electron chi connectivity index (χ4n) is 1.70. The standard InChI is InChI=1S/C10H15N3S/c1-7(2)9-8(3-4-11)13-5-6-14-10(13)12-9/h5-7H,3-4,11H2,1-2H3. The van der Waals surface area contributed by atoms with Gasteiger partial charge in [0, 0.05) is 23.7 Å². The lowest BCUT2D eigenvalue weighted by Crippen LogP contribution is -2.07. The minimum absolute atomic E-state index is 0.476. The lowest BCUT2D eigenvalue weighted by atomic mass is 10.1. The third-order valence-electron chi connectivity index (χ3n) is 2.32. The summed E-state index contributed by atoms with van der Waals surface area (Å²) in [6.07, 6.45) is 2.98. The van der Waals surface area contributed by atoms with E-state index in [4.69, 9.17) is 5.73 Å². The largest absolute Gasteiger partial charge is 0.330 e. The number of aromatic nitrogens is 2. The Balaban J connectivity index is 2.57. The Morgan fingerprint density at radius 1 is 1.57 bits per heavy atom. The third kappa shape index (κ3) is 1.44. The molecule has 2 N–H and O–H groups in total. The maximum Gasteiger partial charge on any atom is 0.194 e. The van der Waals surface area contributed by atoms with Gasteiger partial charge in [0.2, 0.25) is 0 Å². The van der Waals surface area contributed by atoms with Crippen molar-refractivity contribution in [1.82, 2.24) is 9.38 Å². The topological polar surface area (TPSA) is 43.3 Å². The van der Waals surface area contributed by atoms with Gasteiger partial charge < -0.3 is 5.73 Å². The molecule has 2 heterocycles. The normalized spacial score (nSPS) is 11.7. The predicted octanol–water partition coefficient (Wildman–Crippen LogP) is 2.02. The molecule has 0 saturated heterocycles. The number of nitrogens with zero attached hydrogens (tertiary/aromatic N) is 2. The highest BCUT2D eigenvalue weighted by Gasteiger charge is 2.14. The molecule has 0 aliphatic carbocycles. The van der Waals surface area contributed by atoms with Gasteiger partial charge in [-0.15, -0.1) is 11.3 Å². The van der Waals surface area contributed by atoms with Gasteiger partial charge in [-0.3, -0.25) is 4.40 Å². The van der Waals surface area contributed by atoms with E-state index in [0.29, 0.717) is 12.5 Å². The summed E-state index contributed by atoms with van der Waals surface area (Å²) >= 11 is 1.68. The molecule has 76 valence electrons. The van der Waals surface area contributed by atoms with Gasteiger partial charge in [-0.1, -0.05) is 13.8 Å². The lowest BCUT2D eigenvalue weighted by molar-refractivity contribution is 0.791. The van der Waals surface area contributed by atoms with Crippen molar-refractivity contribution in [3.8, 4) is 0 Å². The van der Waals surface area contributed by atoms with Gasteiger partial charge in [-0.05, 0) is 12.5 Å². The molecule has 0 atom stereocenters. The quantitative estimate of drug-likeness (QED) is 0.840. The Labute approximate surface area is 87.6 Å². The second-order valence-electron chi connectivity index (χ2n) is 3.69. The first-order chi connectivity index (χ1) is 6.74. The molecule has 4 heteroatoms. The molecular weight excluding hydrogens is 194 g/mol. The van der Waals surface area contributed by atoms with Crippen LogP contribution in [0.5, 0.6) is 0 Å². The molecule has 0 saturated carbocycles. The SMILES string of the molecule is CC(C)c1nc2sccn2c1CCN. The highest BCUT2D eigenvalue weighted by atomic mass is 32.1. The van der Waals surface area contributed by atoms with Crippen LogP contribution in [0.15, 0.2) is 11.6 Å². The van der Waals surface area contributed by atoms with Gasteiger partial charge in [0.15, 0.2) is 4.96 Å². The second kappa shape index (κ2) is 3.71. The van der Waals surface area contributed by atoms with E-state index in [-0.39, 0.29) is 0 Å². The number of hydrogen-bond acceptors (Lipinski definition) is 3. The zero-order valence-corrected chi connectivity index (χ0v) is 9.34. The smallest absolute Gasteiger partial charge is 0.194 e. The van der Waals surface area contributed by atoms with Crippen molar-refractivity contribution in [3.05, 3.63) is 23.0 Å².